The van der Waals surface area contributed by atoms with Crippen molar-refractivity contribution >= 4 is 27.5 Å². The summed E-state index contributed by atoms with van der Waals surface area (Å²) in [5, 5.41) is 0.0550. The van der Waals surface area contributed by atoms with Crippen LogP contribution in [0.4, 0.5) is 4.39 Å². The lowest BCUT2D eigenvalue weighted by molar-refractivity contribution is 0.132. The van der Waals surface area contributed by atoms with Gasteiger partial charge in [-0.15, -0.1) is 0 Å². The molecule has 0 aliphatic carbocycles. The third-order valence-electron chi connectivity index (χ3n) is 1.97. The lowest BCUT2D eigenvalue weighted by Gasteiger charge is -2.13. The number of benzene rings is 1. The van der Waals surface area contributed by atoms with Crippen molar-refractivity contribution in [1.29, 1.82) is 0 Å². The molecule has 0 spiro atoms. The summed E-state index contributed by atoms with van der Waals surface area (Å²) >= 11 is 8.88. The zero-order valence-corrected chi connectivity index (χ0v) is 10.6. The van der Waals surface area contributed by atoms with Crippen LogP contribution in [0.1, 0.15) is 18.5 Å². The van der Waals surface area contributed by atoms with Crippen molar-refractivity contribution in [3.05, 3.63) is 33.0 Å². The van der Waals surface area contributed by atoms with Crippen LogP contribution in [-0.4, -0.2) is 13.2 Å². The van der Waals surface area contributed by atoms with Gasteiger partial charge in [-0.2, -0.15) is 0 Å². The van der Waals surface area contributed by atoms with E-state index < -0.39 is 11.9 Å². The molecule has 0 saturated heterocycles. The van der Waals surface area contributed by atoms with Gasteiger partial charge in [-0.1, -0.05) is 17.7 Å². The molecule has 84 valence electrons. The number of nitrogens with two attached hydrogens (primary N) is 1. The summed E-state index contributed by atoms with van der Waals surface area (Å²) < 4.78 is 19.3. The summed E-state index contributed by atoms with van der Waals surface area (Å²) in [6.45, 7) is 2.70. The van der Waals surface area contributed by atoms with E-state index in [2.05, 4.69) is 15.9 Å². The van der Waals surface area contributed by atoms with Crippen molar-refractivity contribution in [2.45, 2.75) is 13.0 Å². The predicted molar refractivity (Wildman–Crippen MR) is 62.5 cm³/mol. The van der Waals surface area contributed by atoms with Crippen LogP contribution < -0.4 is 5.73 Å². The average Bonchev–Trinajstić information content (AvgIpc) is 2.23. The normalized spacial score (nSPS) is 12.9. The smallest absolute Gasteiger partial charge is 0.147 e. The second-order valence-electron chi connectivity index (χ2n) is 3.03. The second kappa shape index (κ2) is 5.80. The fourth-order valence-electron chi connectivity index (χ4n) is 1.16. The van der Waals surface area contributed by atoms with Gasteiger partial charge in [0.2, 0.25) is 0 Å². The molecule has 0 aromatic heterocycles. The number of rotatable bonds is 4. The van der Waals surface area contributed by atoms with Crippen LogP contribution >= 0.6 is 27.5 Å². The van der Waals surface area contributed by atoms with Crippen LogP contribution in [-0.2, 0) is 4.74 Å². The SMILES string of the molecule is CCOCC(N)c1ccc(Br)c(Cl)c1F. The Balaban J connectivity index is 2.90. The highest BCUT2D eigenvalue weighted by Crippen LogP contribution is 2.29. The van der Waals surface area contributed by atoms with E-state index in [4.69, 9.17) is 22.1 Å². The monoisotopic (exact) mass is 295 g/mol. The molecule has 15 heavy (non-hydrogen) atoms. The standard InChI is InChI=1S/C10H12BrClFNO/c1-2-15-5-8(14)6-3-4-7(11)9(12)10(6)13/h3-4,8H,2,5,14H2,1H3. The predicted octanol–water partition coefficient (Wildman–Crippen LogP) is 3.28. The van der Waals surface area contributed by atoms with Crippen molar-refractivity contribution in [3.8, 4) is 0 Å². The molecule has 5 heteroatoms. The van der Waals surface area contributed by atoms with Gasteiger partial charge in [-0.3, -0.25) is 0 Å². The van der Waals surface area contributed by atoms with E-state index in [1.807, 2.05) is 6.92 Å². The van der Waals surface area contributed by atoms with Gasteiger partial charge in [0.05, 0.1) is 17.7 Å². The van der Waals surface area contributed by atoms with Crippen molar-refractivity contribution in [2.24, 2.45) is 5.73 Å². The van der Waals surface area contributed by atoms with Gasteiger partial charge in [0.1, 0.15) is 5.82 Å². The maximum absolute atomic E-state index is 13.6. The highest BCUT2D eigenvalue weighted by molar-refractivity contribution is 9.10. The molecule has 0 amide bonds. The van der Waals surface area contributed by atoms with Crippen molar-refractivity contribution in [1.82, 2.24) is 0 Å². The Morgan fingerprint density at radius 1 is 1.60 bits per heavy atom. The third-order valence-corrected chi connectivity index (χ3v) is 3.22. The Bertz CT molecular complexity index is 348. The molecule has 0 heterocycles. The molecule has 0 aliphatic rings. The first kappa shape index (κ1) is 12.9. The molecule has 1 unspecified atom stereocenters. The Morgan fingerprint density at radius 3 is 2.87 bits per heavy atom. The van der Waals surface area contributed by atoms with Crippen LogP contribution in [0.15, 0.2) is 16.6 Å². The van der Waals surface area contributed by atoms with Gasteiger partial charge in [-0.25, -0.2) is 4.39 Å². The van der Waals surface area contributed by atoms with Crippen molar-refractivity contribution in [3.63, 3.8) is 0 Å². The van der Waals surface area contributed by atoms with Gasteiger partial charge in [0.15, 0.2) is 0 Å². The van der Waals surface area contributed by atoms with Gasteiger partial charge < -0.3 is 10.5 Å². The van der Waals surface area contributed by atoms with Gasteiger partial charge >= 0.3 is 0 Å². The quantitative estimate of drug-likeness (QED) is 0.866. The summed E-state index contributed by atoms with van der Waals surface area (Å²) in [5.74, 6) is -0.488. The van der Waals surface area contributed by atoms with Gasteiger partial charge in [0, 0.05) is 16.6 Å². The molecule has 0 bridgehead atoms. The minimum Gasteiger partial charge on any atom is -0.380 e. The van der Waals surface area contributed by atoms with Crippen LogP contribution in [0.25, 0.3) is 0 Å². The van der Waals surface area contributed by atoms with Crippen LogP contribution in [0.5, 0.6) is 0 Å². The van der Waals surface area contributed by atoms with E-state index in [1.54, 1.807) is 12.1 Å². The molecule has 0 fully saturated rings. The average molecular weight is 297 g/mol. The Labute approximate surface area is 102 Å². The van der Waals surface area contributed by atoms with E-state index >= 15 is 0 Å². The summed E-state index contributed by atoms with van der Waals surface area (Å²) in [6.07, 6.45) is 0. The lowest BCUT2D eigenvalue weighted by Crippen LogP contribution is -2.18. The molecule has 2 N–H and O–H groups in total. The number of halogens is 3. The number of hydrogen-bond donors (Lipinski definition) is 1. The molecular weight excluding hydrogens is 284 g/mol. The molecule has 1 aromatic carbocycles. The van der Waals surface area contributed by atoms with E-state index in [0.29, 0.717) is 16.6 Å². The van der Waals surface area contributed by atoms with E-state index in [-0.39, 0.29) is 11.6 Å². The molecular formula is C10H12BrClFNO. The maximum atomic E-state index is 13.6. The Hall–Kier alpha value is -0.160. The van der Waals surface area contributed by atoms with E-state index in [9.17, 15) is 4.39 Å². The maximum Gasteiger partial charge on any atom is 0.147 e. The van der Waals surface area contributed by atoms with Crippen molar-refractivity contribution < 1.29 is 9.13 Å². The molecule has 0 aliphatic heterocycles. The molecule has 1 atom stereocenters. The van der Waals surface area contributed by atoms with Gasteiger partial charge in [-0.05, 0) is 28.9 Å². The van der Waals surface area contributed by atoms with Crippen molar-refractivity contribution in [2.75, 3.05) is 13.2 Å². The number of ether oxygens (including phenoxy) is 1. The van der Waals surface area contributed by atoms with Gasteiger partial charge in [0.25, 0.3) is 0 Å². The van der Waals surface area contributed by atoms with E-state index in [0.717, 1.165) is 0 Å². The molecule has 0 radical (unpaired) electrons. The second-order valence-corrected chi connectivity index (χ2v) is 4.26. The summed E-state index contributed by atoms with van der Waals surface area (Å²) in [4.78, 5) is 0. The molecule has 1 aromatic rings. The zero-order valence-electron chi connectivity index (χ0n) is 8.27. The highest BCUT2D eigenvalue weighted by atomic mass is 79.9. The van der Waals surface area contributed by atoms with Crippen LogP contribution in [0.3, 0.4) is 0 Å². The first-order valence-electron chi connectivity index (χ1n) is 4.54. The van der Waals surface area contributed by atoms with Crippen LogP contribution in [0, 0.1) is 5.82 Å². The highest BCUT2D eigenvalue weighted by Gasteiger charge is 2.15. The zero-order chi connectivity index (χ0) is 11.4. The van der Waals surface area contributed by atoms with Crippen LogP contribution in [0.2, 0.25) is 5.02 Å². The largest absolute Gasteiger partial charge is 0.380 e. The number of hydrogen-bond acceptors (Lipinski definition) is 2. The summed E-state index contributed by atoms with van der Waals surface area (Å²) in [7, 11) is 0. The fourth-order valence-corrected chi connectivity index (χ4v) is 1.64. The minimum atomic E-state index is -0.490. The summed E-state index contributed by atoms with van der Waals surface area (Å²) in [6, 6.07) is 2.79. The topological polar surface area (TPSA) is 35.2 Å². The molecule has 2 nitrogen and oxygen atoms in total. The first-order chi connectivity index (χ1) is 7.07. The first-order valence-corrected chi connectivity index (χ1v) is 5.71. The third kappa shape index (κ3) is 3.14. The lowest BCUT2D eigenvalue weighted by atomic mass is 10.1. The molecule has 0 saturated carbocycles. The summed E-state index contributed by atoms with van der Waals surface area (Å²) in [5.41, 5.74) is 6.13. The minimum absolute atomic E-state index is 0.0550. The molecule has 1 rings (SSSR count). The fraction of sp³-hybridized carbons (Fsp3) is 0.400. The van der Waals surface area contributed by atoms with E-state index in [1.165, 1.54) is 0 Å². The Morgan fingerprint density at radius 2 is 2.27 bits per heavy atom. The Kier molecular flexibility index (Phi) is 4.99.